The maximum absolute atomic E-state index is 14.5. The van der Waals surface area contributed by atoms with E-state index in [1.54, 1.807) is 12.2 Å². The molecule has 1 amide bonds. The van der Waals surface area contributed by atoms with E-state index < -0.39 is 30.1 Å². The second-order valence-corrected chi connectivity index (χ2v) is 16.3. The normalized spacial score (nSPS) is 22.5. The predicted octanol–water partition coefficient (Wildman–Crippen LogP) is 9.96. The summed E-state index contributed by atoms with van der Waals surface area (Å²) in [6.07, 6.45) is 9.62. The van der Waals surface area contributed by atoms with E-state index in [1.165, 1.54) is 17.7 Å². The summed E-state index contributed by atoms with van der Waals surface area (Å²) in [6, 6.07) is 14.5. The summed E-state index contributed by atoms with van der Waals surface area (Å²) in [7, 11) is -0.661. The first kappa shape index (κ1) is 36.2. The van der Waals surface area contributed by atoms with Gasteiger partial charge in [-0.2, -0.15) is 13.2 Å². The van der Waals surface area contributed by atoms with Crippen LogP contribution in [0.15, 0.2) is 95.6 Å². The van der Waals surface area contributed by atoms with Gasteiger partial charge in [0.05, 0.1) is 16.8 Å². The molecule has 6 rings (SSSR count). The average Bonchev–Trinajstić information content (AvgIpc) is 3.18. The minimum Gasteiger partial charge on any atom is -0.399 e. The van der Waals surface area contributed by atoms with Gasteiger partial charge in [-0.05, 0) is 122 Å². The molecule has 1 atom stereocenters. The molecule has 8 heteroatoms. The first-order valence-electron chi connectivity index (χ1n) is 17.9. The Balaban J connectivity index is 1.47. The number of hydrogen-bond donors (Lipinski definition) is 0. The molecule has 0 aromatic heterocycles. The summed E-state index contributed by atoms with van der Waals surface area (Å²) in [5, 5.41) is 0. The molecular formula is C42H49BF3NO3. The van der Waals surface area contributed by atoms with Crippen molar-refractivity contribution in [3.63, 3.8) is 0 Å². The number of piperidine rings is 1. The lowest BCUT2D eigenvalue weighted by Crippen LogP contribution is -2.41. The third-order valence-electron chi connectivity index (χ3n) is 10.5. The van der Waals surface area contributed by atoms with Gasteiger partial charge in [0.25, 0.3) is 0 Å². The standard InChI is InChI=1S/C42H49BF3NO3/c1-39(2,3)27-28-16-18-29(19-17-28)30-21-31(23-33(22-30)36-13-9-8-10-14-37(36)42(44,45)46)32-24-34(43-49-40(4,5)41(6,7)50-43)26-35(25-32)47-20-12-11-15-38(47)48/h8,10,13-14,16-19,22-26,31H,9,11-12,15,20-21,27H2,1-7H3. The number of allylic oxidation sites excluding steroid dienone is 10. The topological polar surface area (TPSA) is 38.8 Å². The van der Waals surface area contributed by atoms with Crippen LogP contribution < -0.4 is 10.4 Å². The van der Waals surface area contributed by atoms with Gasteiger partial charge >= 0.3 is 13.3 Å². The molecule has 0 N–H and O–H groups in total. The molecule has 264 valence electrons. The van der Waals surface area contributed by atoms with Crippen LogP contribution in [0.3, 0.4) is 0 Å². The van der Waals surface area contributed by atoms with Crippen molar-refractivity contribution in [1.29, 1.82) is 0 Å². The van der Waals surface area contributed by atoms with Crippen LogP contribution in [0.1, 0.15) is 103 Å². The lowest BCUT2D eigenvalue weighted by atomic mass is 9.74. The van der Waals surface area contributed by atoms with Crippen molar-refractivity contribution in [1.82, 2.24) is 0 Å². The van der Waals surface area contributed by atoms with Crippen molar-refractivity contribution in [2.45, 2.75) is 110 Å². The van der Waals surface area contributed by atoms with Gasteiger partial charge in [-0.1, -0.05) is 81.5 Å². The Hall–Kier alpha value is -3.62. The molecule has 4 aliphatic rings. The highest BCUT2D eigenvalue weighted by Crippen LogP contribution is 2.44. The SMILES string of the molecule is CC(C)(C)Cc1ccc(C2=CC(C3=CCC=CC=C3C(F)(F)F)=CC(c3cc(B4OC(C)(C)C(C)(C)O4)cc(N4CCCCC4=O)c3)C2)cc1. The molecule has 2 aliphatic heterocycles. The third-order valence-corrected chi connectivity index (χ3v) is 10.5. The molecule has 4 nitrogen and oxygen atoms in total. The highest BCUT2D eigenvalue weighted by atomic mass is 19.4. The molecule has 0 bridgehead atoms. The second-order valence-electron chi connectivity index (χ2n) is 16.3. The van der Waals surface area contributed by atoms with Crippen LogP contribution >= 0.6 is 0 Å². The number of hydrogen-bond acceptors (Lipinski definition) is 3. The zero-order valence-corrected chi connectivity index (χ0v) is 30.4. The van der Waals surface area contributed by atoms with E-state index >= 15 is 0 Å². The van der Waals surface area contributed by atoms with Gasteiger partial charge in [0.1, 0.15) is 0 Å². The van der Waals surface area contributed by atoms with Crippen molar-refractivity contribution in [2.24, 2.45) is 5.41 Å². The van der Waals surface area contributed by atoms with Crippen molar-refractivity contribution in [2.75, 3.05) is 11.4 Å². The van der Waals surface area contributed by atoms with Crippen LogP contribution in [-0.2, 0) is 20.5 Å². The van der Waals surface area contributed by atoms with Crippen molar-refractivity contribution in [3.8, 4) is 0 Å². The second kappa shape index (κ2) is 13.5. The minimum absolute atomic E-state index is 0.0696. The van der Waals surface area contributed by atoms with E-state index in [4.69, 9.17) is 9.31 Å². The van der Waals surface area contributed by atoms with E-state index in [-0.39, 0.29) is 22.8 Å². The first-order valence-corrected chi connectivity index (χ1v) is 17.9. The molecule has 2 saturated heterocycles. The lowest BCUT2D eigenvalue weighted by molar-refractivity contribution is -0.119. The molecule has 1 unspecified atom stereocenters. The van der Waals surface area contributed by atoms with Gasteiger partial charge < -0.3 is 14.2 Å². The number of rotatable bonds is 6. The maximum Gasteiger partial charge on any atom is 0.494 e. The molecule has 0 radical (unpaired) electrons. The summed E-state index contributed by atoms with van der Waals surface area (Å²) >= 11 is 0. The molecule has 0 spiro atoms. The average molecular weight is 684 g/mol. The molecule has 2 aromatic carbocycles. The molecule has 0 saturated carbocycles. The van der Waals surface area contributed by atoms with Crippen LogP contribution in [0.5, 0.6) is 0 Å². The predicted molar refractivity (Wildman–Crippen MR) is 197 cm³/mol. The summed E-state index contributed by atoms with van der Waals surface area (Å²) in [4.78, 5) is 15.0. The fraction of sp³-hybridized carbons (Fsp3) is 0.452. The molecule has 2 aliphatic carbocycles. The summed E-state index contributed by atoms with van der Waals surface area (Å²) < 4.78 is 56.6. The van der Waals surface area contributed by atoms with Gasteiger partial charge in [0.15, 0.2) is 0 Å². The Morgan fingerprint density at radius 3 is 2.30 bits per heavy atom. The number of benzene rings is 2. The zero-order valence-electron chi connectivity index (χ0n) is 30.4. The highest BCUT2D eigenvalue weighted by molar-refractivity contribution is 6.62. The van der Waals surface area contributed by atoms with Gasteiger partial charge in [0, 0.05) is 24.6 Å². The molecule has 2 aromatic rings. The van der Waals surface area contributed by atoms with Crippen LogP contribution in [-0.4, -0.2) is 36.9 Å². The summed E-state index contributed by atoms with van der Waals surface area (Å²) in [5.74, 6) is -0.202. The number of nitrogens with zero attached hydrogens (tertiary/aromatic N) is 1. The maximum atomic E-state index is 14.5. The first-order chi connectivity index (χ1) is 23.4. The number of anilines is 1. The number of amides is 1. The van der Waals surface area contributed by atoms with Crippen molar-refractivity contribution in [3.05, 3.63) is 112 Å². The Morgan fingerprint density at radius 1 is 0.960 bits per heavy atom. The van der Waals surface area contributed by atoms with Crippen molar-refractivity contribution >= 4 is 29.7 Å². The van der Waals surface area contributed by atoms with E-state index in [2.05, 4.69) is 51.1 Å². The Kier molecular flexibility index (Phi) is 9.77. The van der Waals surface area contributed by atoms with Crippen LogP contribution in [0.25, 0.3) is 5.57 Å². The fourth-order valence-electron chi connectivity index (χ4n) is 7.21. The Bertz CT molecular complexity index is 1770. The minimum atomic E-state index is -4.52. The van der Waals surface area contributed by atoms with Crippen LogP contribution in [0.4, 0.5) is 18.9 Å². The van der Waals surface area contributed by atoms with Crippen molar-refractivity contribution < 1.29 is 27.3 Å². The number of halogens is 3. The largest absolute Gasteiger partial charge is 0.494 e. The molecule has 2 fully saturated rings. The quantitative estimate of drug-likeness (QED) is 0.285. The van der Waals surface area contributed by atoms with Gasteiger partial charge in [0.2, 0.25) is 5.91 Å². The monoisotopic (exact) mass is 683 g/mol. The van der Waals surface area contributed by atoms with Gasteiger partial charge in [-0.3, -0.25) is 4.79 Å². The van der Waals surface area contributed by atoms with E-state index in [0.29, 0.717) is 31.4 Å². The summed E-state index contributed by atoms with van der Waals surface area (Å²) in [5.41, 5.74) is 4.69. The Labute approximate surface area is 296 Å². The van der Waals surface area contributed by atoms with Gasteiger partial charge in [-0.15, -0.1) is 0 Å². The van der Waals surface area contributed by atoms with E-state index in [9.17, 15) is 18.0 Å². The number of carbonyl (C=O) groups excluding carboxylic acids is 1. The smallest absolute Gasteiger partial charge is 0.399 e. The Morgan fingerprint density at radius 2 is 1.66 bits per heavy atom. The van der Waals surface area contributed by atoms with Crippen LogP contribution in [0, 0.1) is 5.41 Å². The van der Waals surface area contributed by atoms with Crippen LogP contribution in [0.2, 0.25) is 0 Å². The highest BCUT2D eigenvalue weighted by Gasteiger charge is 2.52. The molecular weight excluding hydrogens is 634 g/mol. The van der Waals surface area contributed by atoms with E-state index in [1.807, 2.05) is 56.9 Å². The third kappa shape index (κ3) is 7.82. The van der Waals surface area contributed by atoms with Gasteiger partial charge in [-0.25, -0.2) is 0 Å². The van der Waals surface area contributed by atoms with E-state index in [0.717, 1.165) is 47.1 Å². The molecule has 50 heavy (non-hydrogen) atoms. The summed E-state index contributed by atoms with van der Waals surface area (Å²) in [6.45, 7) is 15.3. The lowest BCUT2D eigenvalue weighted by Gasteiger charge is -2.32. The fourth-order valence-corrected chi connectivity index (χ4v) is 7.21. The number of alkyl halides is 3. The zero-order chi connectivity index (χ0) is 36.1. The number of carbonyl (C=O) groups is 1. The molecule has 2 heterocycles.